The Bertz CT molecular complexity index is 936. The molecular weight excluding hydrogens is 378 g/mol. The predicted octanol–water partition coefficient (Wildman–Crippen LogP) is 4.01. The first-order valence-electron chi connectivity index (χ1n) is 10.8. The second-order valence-corrected chi connectivity index (χ2v) is 9.40. The number of piperazine rings is 1. The molecule has 6 heteroatoms. The van der Waals surface area contributed by atoms with E-state index in [1.54, 1.807) is 11.3 Å². The maximum Gasteiger partial charge on any atom is 0.194 e. The average Bonchev–Trinajstić information content (AvgIpc) is 3.20. The van der Waals surface area contributed by atoms with Crippen LogP contribution in [0.25, 0.3) is 4.96 Å². The monoisotopic (exact) mass is 411 g/mol. The van der Waals surface area contributed by atoms with E-state index in [1.807, 2.05) is 0 Å². The first-order valence-corrected chi connectivity index (χ1v) is 11.6. The van der Waals surface area contributed by atoms with Crippen molar-refractivity contribution in [3.63, 3.8) is 0 Å². The summed E-state index contributed by atoms with van der Waals surface area (Å²) in [5, 5.41) is 3.62. The van der Waals surface area contributed by atoms with E-state index in [0.717, 1.165) is 36.8 Å². The predicted molar refractivity (Wildman–Crippen MR) is 123 cm³/mol. The highest BCUT2D eigenvalue weighted by Gasteiger charge is 2.16. The molecule has 0 spiro atoms. The first kappa shape index (κ1) is 20.4. The molecule has 0 atom stereocenters. The van der Waals surface area contributed by atoms with Crippen molar-refractivity contribution in [1.29, 1.82) is 0 Å². The highest BCUT2D eigenvalue weighted by Crippen LogP contribution is 2.20. The Kier molecular flexibility index (Phi) is 6.53. The van der Waals surface area contributed by atoms with Crippen LogP contribution in [0.15, 0.2) is 30.5 Å². The van der Waals surface area contributed by atoms with Crippen LogP contribution in [-0.4, -0.2) is 53.6 Å². The molecule has 1 aliphatic heterocycles. The third-order valence-electron chi connectivity index (χ3n) is 5.85. The van der Waals surface area contributed by atoms with E-state index in [4.69, 9.17) is 0 Å². The van der Waals surface area contributed by atoms with Gasteiger partial charge in [0.1, 0.15) is 0 Å². The second kappa shape index (κ2) is 9.28. The molecule has 2 aromatic heterocycles. The van der Waals surface area contributed by atoms with Crippen LogP contribution < -0.4 is 10.2 Å². The summed E-state index contributed by atoms with van der Waals surface area (Å²) in [4.78, 5) is 12.2. The Hall–Kier alpha value is -1.89. The molecule has 1 aromatic carbocycles. The van der Waals surface area contributed by atoms with Crippen LogP contribution in [0.3, 0.4) is 0 Å². The Labute approximate surface area is 178 Å². The number of rotatable bonds is 8. The number of nitrogens with zero attached hydrogens (tertiary/aromatic N) is 4. The number of nitrogens with one attached hydrogen (secondary N) is 1. The fourth-order valence-corrected chi connectivity index (χ4v) is 5.06. The van der Waals surface area contributed by atoms with Gasteiger partial charge in [-0.2, -0.15) is 0 Å². The summed E-state index contributed by atoms with van der Waals surface area (Å²) in [6, 6.07) is 8.88. The maximum atomic E-state index is 4.67. The zero-order chi connectivity index (χ0) is 20.2. The smallest absolute Gasteiger partial charge is 0.194 e. The van der Waals surface area contributed by atoms with E-state index in [9.17, 15) is 0 Å². The third-order valence-corrected chi connectivity index (χ3v) is 6.75. The summed E-state index contributed by atoms with van der Waals surface area (Å²) in [5.74, 6) is 0. The number of aryl methyl sites for hydroxylation is 3. The number of thiazole rings is 1. The normalized spacial score (nSPS) is 15.5. The summed E-state index contributed by atoms with van der Waals surface area (Å²) in [6.45, 7) is 14.2. The molecule has 0 amide bonds. The molecule has 1 saturated heterocycles. The molecule has 1 fully saturated rings. The van der Waals surface area contributed by atoms with E-state index in [-0.39, 0.29) is 0 Å². The van der Waals surface area contributed by atoms with Crippen LogP contribution in [0.5, 0.6) is 0 Å². The lowest BCUT2D eigenvalue weighted by atomic mass is 10.2. The highest BCUT2D eigenvalue weighted by molar-refractivity contribution is 7.17. The zero-order valence-corrected chi connectivity index (χ0v) is 18.8. The highest BCUT2D eigenvalue weighted by atomic mass is 32.1. The van der Waals surface area contributed by atoms with Crippen molar-refractivity contribution in [2.75, 3.05) is 44.2 Å². The van der Waals surface area contributed by atoms with E-state index in [1.165, 1.54) is 54.3 Å². The van der Waals surface area contributed by atoms with E-state index in [0.29, 0.717) is 0 Å². The number of aromatic nitrogens is 2. The lowest BCUT2D eigenvalue weighted by molar-refractivity contribution is 0.252. The Morgan fingerprint density at radius 3 is 2.69 bits per heavy atom. The summed E-state index contributed by atoms with van der Waals surface area (Å²) >= 11 is 1.76. The number of hydrogen-bond donors (Lipinski definition) is 1. The second-order valence-electron chi connectivity index (χ2n) is 8.19. The number of hydrogen-bond acceptors (Lipinski definition) is 5. The lowest BCUT2D eigenvalue weighted by Gasteiger charge is -2.36. The van der Waals surface area contributed by atoms with Gasteiger partial charge < -0.3 is 10.2 Å². The van der Waals surface area contributed by atoms with Crippen molar-refractivity contribution < 1.29 is 0 Å². The summed E-state index contributed by atoms with van der Waals surface area (Å²) in [7, 11) is 0. The summed E-state index contributed by atoms with van der Waals surface area (Å²) < 4.78 is 2.25. The zero-order valence-electron chi connectivity index (χ0n) is 17.9. The molecule has 29 heavy (non-hydrogen) atoms. The van der Waals surface area contributed by atoms with Crippen molar-refractivity contribution >= 4 is 22.0 Å². The standard InChI is InChI=1S/C23H33N5S/c1-18-7-6-8-21(15-18)27-13-11-26(12-14-27)10-5-4-9-24-16-22-20(3)25-23-28(22)17-19(2)29-23/h6-8,15,17,24H,4-5,9-14,16H2,1-3H3. The molecule has 0 aliphatic carbocycles. The van der Waals surface area contributed by atoms with Crippen molar-refractivity contribution in [2.24, 2.45) is 0 Å². The quantitative estimate of drug-likeness (QED) is 0.568. The average molecular weight is 412 g/mol. The van der Waals surface area contributed by atoms with E-state index >= 15 is 0 Å². The van der Waals surface area contributed by atoms with Gasteiger partial charge in [-0.05, 0) is 64.4 Å². The fourth-order valence-electron chi connectivity index (χ4n) is 4.17. The van der Waals surface area contributed by atoms with E-state index in [2.05, 4.69) is 75.7 Å². The van der Waals surface area contributed by atoms with Gasteiger partial charge in [-0.3, -0.25) is 9.30 Å². The van der Waals surface area contributed by atoms with Crippen LogP contribution in [0, 0.1) is 20.8 Å². The Morgan fingerprint density at radius 1 is 1.07 bits per heavy atom. The van der Waals surface area contributed by atoms with Gasteiger partial charge in [-0.15, -0.1) is 11.3 Å². The van der Waals surface area contributed by atoms with Crippen molar-refractivity contribution in [1.82, 2.24) is 19.6 Å². The number of benzene rings is 1. The molecule has 0 unspecified atom stereocenters. The molecular formula is C23H33N5S. The minimum absolute atomic E-state index is 0.901. The molecule has 3 heterocycles. The largest absolute Gasteiger partial charge is 0.369 e. The van der Waals surface area contributed by atoms with Gasteiger partial charge in [-0.25, -0.2) is 4.98 Å². The molecule has 1 aliphatic rings. The fraction of sp³-hybridized carbons (Fsp3) is 0.522. The van der Waals surface area contributed by atoms with Crippen LogP contribution >= 0.6 is 11.3 Å². The van der Waals surface area contributed by atoms with Crippen molar-refractivity contribution in [3.8, 4) is 0 Å². The minimum atomic E-state index is 0.901. The molecule has 3 aromatic rings. The van der Waals surface area contributed by atoms with Crippen molar-refractivity contribution in [2.45, 2.75) is 40.2 Å². The molecule has 156 valence electrons. The van der Waals surface area contributed by atoms with Crippen LogP contribution in [0.4, 0.5) is 5.69 Å². The number of fused-ring (bicyclic) bond motifs is 1. The molecule has 5 nitrogen and oxygen atoms in total. The van der Waals surface area contributed by atoms with Crippen LogP contribution in [-0.2, 0) is 6.54 Å². The molecule has 0 radical (unpaired) electrons. The summed E-state index contributed by atoms with van der Waals surface area (Å²) in [5.41, 5.74) is 5.17. The maximum absolute atomic E-state index is 4.67. The SMILES string of the molecule is Cc1cccc(N2CCN(CCCCNCc3c(C)nc4sc(C)cn34)CC2)c1. The molecule has 4 rings (SSSR count). The molecule has 0 saturated carbocycles. The van der Waals surface area contributed by atoms with E-state index < -0.39 is 0 Å². The minimum Gasteiger partial charge on any atom is -0.369 e. The van der Waals surface area contributed by atoms with Gasteiger partial charge in [-0.1, -0.05) is 12.1 Å². The van der Waals surface area contributed by atoms with Crippen LogP contribution in [0.1, 0.15) is 34.7 Å². The van der Waals surface area contributed by atoms with Gasteiger partial charge in [0, 0.05) is 49.5 Å². The molecule has 0 bridgehead atoms. The summed E-state index contributed by atoms with van der Waals surface area (Å²) in [6.07, 6.45) is 4.69. The van der Waals surface area contributed by atoms with Gasteiger partial charge in [0.25, 0.3) is 0 Å². The Balaban J connectivity index is 1.13. The van der Waals surface area contributed by atoms with Gasteiger partial charge in [0.15, 0.2) is 4.96 Å². The van der Waals surface area contributed by atoms with Gasteiger partial charge >= 0.3 is 0 Å². The van der Waals surface area contributed by atoms with Gasteiger partial charge in [0.2, 0.25) is 0 Å². The number of anilines is 1. The van der Waals surface area contributed by atoms with Crippen LogP contribution in [0.2, 0.25) is 0 Å². The lowest BCUT2D eigenvalue weighted by Crippen LogP contribution is -2.46. The third kappa shape index (κ3) is 5.00. The van der Waals surface area contributed by atoms with Crippen molar-refractivity contribution in [3.05, 3.63) is 52.3 Å². The topological polar surface area (TPSA) is 35.8 Å². The first-order chi connectivity index (χ1) is 14.1. The number of unbranched alkanes of at least 4 members (excludes halogenated alkanes) is 1. The molecule has 1 N–H and O–H groups in total. The van der Waals surface area contributed by atoms with Gasteiger partial charge in [0.05, 0.1) is 11.4 Å². The number of imidazole rings is 1. The Morgan fingerprint density at radius 2 is 1.90 bits per heavy atom.